The highest BCUT2D eigenvalue weighted by Crippen LogP contribution is 2.32. The molecule has 2 atom stereocenters. The van der Waals surface area contributed by atoms with E-state index in [1.807, 2.05) is 0 Å². The van der Waals surface area contributed by atoms with Crippen LogP contribution in [-0.4, -0.2) is 31.3 Å². The van der Waals surface area contributed by atoms with Gasteiger partial charge in [-0.25, -0.2) is 4.79 Å². The average molecular weight is 212 g/mol. The summed E-state index contributed by atoms with van der Waals surface area (Å²) in [5.41, 5.74) is 0. The monoisotopic (exact) mass is 212 g/mol. The van der Waals surface area contributed by atoms with E-state index < -0.39 is 0 Å². The maximum Gasteiger partial charge on any atom is 0.315 e. The van der Waals surface area contributed by atoms with E-state index in [2.05, 4.69) is 17.6 Å². The molecular weight excluding hydrogens is 192 g/mol. The minimum absolute atomic E-state index is 0.0510. The van der Waals surface area contributed by atoms with Gasteiger partial charge in [-0.1, -0.05) is 0 Å². The zero-order valence-corrected chi connectivity index (χ0v) is 9.29. The van der Waals surface area contributed by atoms with Crippen molar-refractivity contribution in [1.82, 2.24) is 10.6 Å². The molecule has 0 spiro atoms. The highest BCUT2D eigenvalue weighted by Gasteiger charge is 2.28. The van der Waals surface area contributed by atoms with Gasteiger partial charge in [-0.05, 0) is 38.5 Å². The van der Waals surface area contributed by atoms with Crippen molar-refractivity contribution >= 4 is 6.03 Å². The van der Waals surface area contributed by atoms with Gasteiger partial charge in [0.1, 0.15) is 0 Å². The van der Waals surface area contributed by atoms with E-state index in [0.717, 1.165) is 19.4 Å². The van der Waals surface area contributed by atoms with Gasteiger partial charge in [0.2, 0.25) is 0 Å². The lowest BCUT2D eigenvalue weighted by atomic mass is 10.2. The van der Waals surface area contributed by atoms with E-state index in [9.17, 15) is 4.79 Å². The molecule has 86 valence electrons. The van der Waals surface area contributed by atoms with Crippen molar-refractivity contribution < 1.29 is 9.53 Å². The Balaban J connectivity index is 1.59. The normalized spacial score (nSPS) is 27.4. The Morgan fingerprint density at radius 1 is 1.47 bits per heavy atom. The molecule has 4 heteroatoms. The number of ether oxygens (including phenoxy) is 1. The van der Waals surface area contributed by atoms with Crippen molar-refractivity contribution in [1.29, 1.82) is 0 Å². The summed E-state index contributed by atoms with van der Waals surface area (Å²) in [5.74, 6) is 0.707. The minimum Gasteiger partial charge on any atom is -0.376 e. The Kier molecular flexibility index (Phi) is 3.46. The van der Waals surface area contributed by atoms with Crippen molar-refractivity contribution in [3.8, 4) is 0 Å². The van der Waals surface area contributed by atoms with Gasteiger partial charge in [0.15, 0.2) is 0 Å². The molecule has 2 N–H and O–H groups in total. The van der Waals surface area contributed by atoms with E-state index in [4.69, 9.17) is 4.74 Å². The highest BCUT2D eigenvalue weighted by atomic mass is 16.5. The summed E-state index contributed by atoms with van der Waals surface area (Å²) in [5, 5.41) is 5.82. The molecule has 1 saturated heterocycles. The lowest BCUT2D eigenvalue weighted by molar-refractivity contribution is 0.111. The summed E-state index contributed by atoms with van der Waals surface area (Å²) in [4.78, 5) is 11.5. The first-order chi connectivity index (χ1) is 7.25. The molecule has 2 aliphatic rings. The van der Waals surface area contributed by atoms with Gasteiger partial charge in [0, 0.05) is 19.2 Å². The third-order valence-electron chi connectivity index (χ3n) is 3.20. The molecule has 0 radical (unpaired) electrons. The Hall–Kier alpha value is -0.770. The summed E-state index contributed by atoms with van der Waals surface area (Å²) in [6, 6.07) is 0.263. The predicted octanol–water partition coefficient (Wildman–Crippen LogP) is 1.26. The second-order valence-electron chi connectivity index (χ2n) is 4.62. The molecule has 0 bridgehead atoms. The van der Waals surface area contributed by atoms with Crippen LogP contribution in [0.4, 0.5) is 4.79 Å². The van der Waals surface area contributed by atoms with E-state index >= 15 is 0 Å². The summed E-state index contributed by atoms with van der Waals surface area (Å²) >= 11 is 0. The molecular formula is C11H20N2O2. The SMILES string of the molecule is CC(NC(=O)NCC1CCCO1)C1CC1. The fraction of sp³-hybridized carbons (Fsp3) is 0.909. The van der Waals surface area contributed by atoms with Crippen LogP contribution in [0.15, 0.2) is 0 Å². The van der Waals surface area contributed by atoms with Crippen LogP contribution in [0.1, 0.15) is 32.6 Å². The zero-order valence-electron chi connectivity index (χ0n) is 9.29. The lowest BCUT2D eigenvalue weighted by Crippen LogP contribution is -2.44. The van der Waals surface area contributed by atoms with Crippen LogP contribution in [-0.2, 0) is 4.74 Å². The molecule has 1 aliphatic heterocycles. The van der Waals surface area contributed by atoms with Gasteiger partial charge in [0.05, 0.1) is 6.10 Å². The van der Waals surface area contributed by atoms with Gasteiger partial charge in [-0.15, -0.1) is 0 Å². The number of rotatable bonds is 4. The molecule has 2 amide bonds. The number of amides is 2. The van der Waals surface area contributed by atoms with Gasteiger partial charge in [-0.3, -0.25) is 0 Å². The third-order valence-corrected chi connectivity index (χ3v) is 3.20. The summed E-state index contributed by atoms with van der Waals surface area (Å²) in [7, 11) is 0. The largest absolute Gasteiger partial charge is 0.376 e. The van der Waals surface area contributed by atoms with Crippen molar-refractivity contribution in [2.45, 2.75) is 44.8 Å². The molecule has 2 unspecified atom stereocenters. The Bertz CT molecular complexity index is 223. The second-order valence-corrected chi connectivity index (χ2v) is 4.62. The number of carbonyl (C=O) groups excluding carboxylic acids is 1. The fourth-order valence-corrected chi connectivity index (χ4v) is 1.98. The molecule has 0 aromatic heterocycles. The third kappa shape index (κ3) is 3.38. The summed E-state index contributed by atoms with van der Waals surface area (Å²) in [6.45, 7) is 3.55. The van der Waals surface area contributed by atoms with E-state index in [-0.39, 0.29) is 12.1 Å². The van der Waals surface area contributed by atoms with Crippen LogP contribution in [0.2, 0.25) is 0 Å². The van der Waals surface area contributed by atoms with Crippen LogP contribution in [0.25, 0.3) is 0 Å². The van der Waals surface area contributed by atoms with Crippen LogP contribution in [0, 0.1) is 5.92 Å². The molecule has 1 aliphatic carbocycles. The first kappa shape index (κ1) is 10.7. The molecule has 0 aromatic carbocycles. The number of hydrogen-bond donors (Lipinski definition) is 2. The Morgan fingerprint density at radius 2 is 2.27 bits per heavy atom. The first-order valence-corrected chi connectivity index (χ1v) is 5.91. The summed E-state index contributed by atoms with van der Waals surface area (Å²) < 4.78 is 5.43. The average Bonchev–Trinajstić information content (AvgIpc) is 2.93. The predicted molar refractivity (Wildman–Crippen MR) is 57.7 cm³/mol. The maximum atomic E-state index is 11.5. The standard InChI is InChI=1S/C11H20N2O2/c1-8(9-4-5-9)13-11(14)12-7-10-3-2-6-15-10/h8-10H,2-7H2,1H3,(H2,12,13,14). The number of nitrogens with one attached hydrogen (secondary N) is 2. The smallest absolute Gasteiger partial charge is 0.315 e. The van der Waals surface area contributed by atoms with Crippen molar-refractivity contribution in [2.24, 2.45) is 5.92 Å². The van der Waals surface area contributed by atoms with Crippen molar-refractivity contribution in [3.63, 3.8) is 0 Å². The molecule has 2 rings (SSSR count). The highest BCUT2D eigenvalue weighted by molar-refractivity contribution is 5.74. The van der Waals surface area contributed by atoms with Crippen molar-refractivity contribution in [2.75, 3.05) is 13.2 Å². The van der Waals surface area contributed by atoms with E-state index in [0.29, 0.717) is 18.5 Å². The molecule has 0 aromatic rings. The quantitative estimate of drug-likeness (QED) is 0.737. The van der Waals surface area contributed by atoms with Gasteiger partial charge < -0.3 is 15.4 Å². The Labute approximate surface area is 90.8 Å². The van der Waals surface area contributed by atoms with Crippen molar-refractivity contribution in [3.05, 3.63) is 0 Å². The van der Waals surface area contributed by atoms with E-state index in [1.165, 1.54) is 12.8 Å². The van der Waals surface area contributed by atoms with Gasteiger partial charge >= 0.3 is 6.03 Å². The number of hydrogen-bond acceptors (Lipinski definition) is 2. The topological polar surface area (TPSA) is 50.4 Å². The Morgan fingerprint density at radius 3 is 2.87 bits per heavy atom. The first-order valence-electron chi connectivity index (χ1n) is 5.91. The summed E-state index contributed by atoms with van der Waals surface area (Å²) in [6.07, 6.45) is 4.93. The molecule has 2 fully saturated rings. The van der Waals surface area contributed by atoms with Crippen LogP contribution in [0.5, 0.6) is 0 Å². The molecule has 4 nitrogen and oxygen atoms in total. The minimum atomic E-state index is -0.0510. The molecule has 15 heavy (non-hydrogen) atoms. The van der Waals surface area contributed by atoms with Gasteiger partial charge in [-0.2, -0.15) is 0 Å². The fourth-order valence-electron chi connectivity index (χ4n) is 1.98. The second kappa shape index (κ2) is 4.84. The van der Waals surface area contributed by atoms with Gasteiger partial charge in [0.25, 0.3) is 0 Å². The molecule has 1 heterocycles. The maximum absolute atomic E-state index is 11.5. The lowest BCUT2D eigenvalue weighted by Gasteiger charge is -2.15. The van der Waals surface area contributed by atoms with Crippen LogP contribution < -0.4 is 10.6 Å². The zero-order chi connectivity index (χ0) is 10.7. The number of urea groups is 1. The van der Waals surface area contributed by atoms with E-state index in [1.54, 1.807) is 0 Å². The number of carbonyl (C=O) groups is 1. The molecule has 1 saturated carbocycles. The van der Waals surface area contributed by atoms with Crippen LogP contribution >= 0.6 is 0 Å². The van der Waals surface area contributed by atoms with Crippen LogP contribution in [0.3, 0.4) is 0 Å².